The molecule has 2 aromatic rings. The normalized spacial score (nSPS) is 17.1. The van der Waals surface area contributed by atoms with Gasteiger partial charge in [0.15, 0.2) is 5.84 Å². The summed E-state index contributed by atoms with van der Waals surface area (Å²) in [5.41, 5.74) is 1.80. The van der Waals surface area contributed by atoms with Crippen molar-refractivity contribution in [2.75, 3.05) is 30.4 Å². The van der Waals surface area contributed by atoms with Crippen LogP contribution in [0.2, 0.25) is 0 Å². The van der Waals surface area contributed by atoms with Gasteiger partial charge in [0.1, 0.15) is 4.90 Å². The number of hydrogen-bond donors (Lipinski definition) is 1. The molecule has 0 unspecified atom stereocenters. The van der Waals surface area contributed by atoms with Crippen molar-refractivity contribution in [3.8, 4) is 0 Å². The molecule has 1 saturated heterocycles. The standard InChI is InChI=1S/C20H20N4O4S/c1-23(20-16-8-2-3-9-17(16)29(27,28)22-20)13-18(25)21-14-6-4-7-15(12-14)24-11-5-10-19(24)26/h2-4,6-9,12H,5,10-11,13H2,1H3,(H,21,25). The zero-order valence-electron chi connectivity index (χ0n) is 15.8. The summed E-state index contributed by atoms with van der Waals surface area (Å²) in [6, 6.07) is 13.7. The lowest BCUT2D eigenvalue weighted by molar-refractivity contribution is -0.117. The molecular formula is C20H20N4O4S. The number of nitrogens with zero attached hydrogens (tertiary/aromatic N) is 3. The zero-order chi connectivity index (χ0) is 20.6. The maximum atomic E-state index is 12.5. The first kappa shape index (κ1) is 19.1. The number of benzene rings is 2. The van der Waals surface area contributed by atoms with Crippen LogP contribution in [0.3, 0.4) is 0 Å². The van der Waals surface area contributed by atoms with Crippen LogP contribution < -0.4 is 10.2 Å². The molecule has 2 aliphatic heterocycles. The van der Waals surface area contributed by atoms with E-state index in [2.05, 4.69) is 9.71 Å². The fraction of sp³-hybridized carbons (Fsp3) is 0.250. The van der Waals surface area contributed by atoms with Gasteiger partial charge in [-0.2, -0.15) is 8.42 Å². The van der Waals surface area contributed by atoms with Gasteiger partial charge in [-0.3, -0.25) is 9.59 Å². The zero-order valence-corrected chi connectivity index (χ0v) is 16.6. The molecule has 9 heteroatoms. The number of amides is 2. The van der Waals surface area contributed by atoms with Crippen LogP contribution in [-0.4, -0.2) is 51.1 Å². The van der Waals surface area contributed by atoms with Gasteiger partial charge >= 0.3 is 0 Å². The molecule has 0 saturated carbocycles. The molecule has 0 aliphatic carbocycles. The summed E-state index contributed by atoms with van der Waals surface area (Å²) in [7, 11) is -2.12. The number of carbonyl (C=O) groups is 2. The molecular weight excluding hydrogens is 392 g/mol. The van der Waals surface area contributed by atoms with E-state index in [0.29, 0.717) is 24.2 Å². The van der Waals surface area contributed by atoms with Gasteiger partial charge in [0, 0.05) is 37.0 Å². The van der Waals surface area contributed by atoms with Crippen molar-refractivity contribution in [1.82, 2.24) is 4.90 Å². The average Bonchev–Trinajstić information content (AvgIpc) is 3.23. The lowest BCUT2D eigenvalue weighted by Gasteiger charge is -2.19. The fourth-order valence-electron chi connectivity index (χ4n) is 3.53. The lowest BCUT2D eigenvalue weighted by Crippen LogP contribution is -2.35. The van der Waals surface area contributed by atoms with Gasteiger partial charge in [0.25, 0.3) is 10.0 Å². The highest BCUT2D eigenvalue weighted by Gasteiger charge is 2.31. The number of fused-ring (bicyclic) bond motifs is 1. The summed E-state index contributed by atoms with van der Waals surface area (Å²) in [5.74, 6) is 0.00127. The first-order chi connectivity index (χ1) is 13.8. The minimum atomic E-state index is -3.74. The smallest absolute Gasteiger partial charge is 0.285 e. The van der Waals surface area contributed by atoms with Crippen LogP contribution in [0.1, 0.15) is 18.4 Å². The number of sulfonamides is 1. The van der Waals surface area contributed by atoms with Gasteiger partial charge in [-0.05, 0) is 36.8 Å². The molecule has 0 atom stereocenters. The highest BCUT2D eigenvalue weighted by atomic mass is 32.2. The van der Waals surface area contributed by atoms with E-state index in [1.54, 1.807) is 48.3 Å². The Morgan fingerprint density at radius 3 is 2.76 bits per heavy atom. The minimum absolute atomic E-state index is 0.0738. The van der Waals surface area contributed by atoms with E-state index in [9.17, 15) is 18.0 Å². The molecule has 0 bridgehead atoms. The van der Waals surface area contributed by atoms with E-state index in [1.807, 2.05) is 6.07 Å². The summed E-state index contributed by atoms with van der Waals surface area (Å²) in [4.78, 5) is 27.8. The van der Waals surface area contributed by atoms with Crippen molar-refractivity contribution in [3.63, 3.8) is 0 Å². The van der Waals surface area contributed by atoms with Gasteiger partial charge in [-0.15, -0.1) is 4.40 Å². The number of rotatable bonds is 4. The van der Waals surface area contributed by atoms with Crippen molar-refractivity contribution in [3.05, 3.63) is 54.1 Å². The van der Waals surface area contributed by atoms with E-state index in [-0.39, 0.29) is 29.1 Å². The van der Waals surface area contributed by atoms with E-state index < -0.39 is 10.0 Å². The number of hydrogen-bond acceptors (Lipinski definition) is 5. The molecule has 29 heavy (non-hydrogen) atoms. The molecule has 0 radical (unpaired) electrons. The number of nitrogens with one attached hydrogen (secondary N) is 1. The predicted molar refractivity (Wildman–Crippen MR) is 109 cm³/mol. The Morgan fingerprint density at radius 1 is 1.21 bits per heavy atom. The third-order valence-corrected chi connectivity index (χ3v) is 6.19. The Morgan fingerprint density at radius 2 is 2.00 bits per heavy atom. The number of amidine groups is 1. The van der Waals surface area contributed by atoms with Crippen LogP contribution in [-0.2, 0) is 19.6 Å². The third kappa shape index (κ3) is 3.73. The topological polar surface area (TPSA) is 99.2 Å². The maximum absolute atomic E-state index is 12.5. The predicted octanol–water partition coefficient (Wildman–Crippen LogP) is 1.83. The van der Waals surface area contributed by atoms with Crippen LogP contribution >= 0.6 is 0 Å². The molecule has 0 aromatic heterocycles. The molecule has 150 valence electrons. The third-order valence-electron chi connectivity index (χ3n) is 4.87. The second kappa shape index (κ2) is 7.32. The molecule has 2 aromatic carbocycles. The van der Waals surface area contributed by atoms with Crippen molar-refractivity contribution in [2.24, 2.45) is 4.40 Å². The van der Waals surface area contributed by atoms with Gasteiger partial charge in [0.2, 0.25) is 11.8 Å². The van der Waals surface area contributed by atoms with Gasteiger partial charge in [-0.25, -0.2) is 0 Å². The van der Waals surface area contributed by atoms with E-state index in [1.165, 1.54) is 11.0 Å². The van der Waals surface area contributed by atoms with Crippen LogP contribution in [0, 0.1) is 0 Å². The van der Waals surface area contributed by atoms with Crippen LogP contribution in [0.4, 0.5) is 11.4 Å². The number of carbonyl (C=O) groups excluding carboxylic acids is 2. The highest BCUT2D eigenvalue weighted by molar-refractivity contribution is 7.90. The Bertz CT molecular complexity index is 1130. The van der Waals surface area contributed by atoms with E-state index in [4.69, 9.17) is 0 Å². The molecule has 1 N–H and O–H groups in total. The fourth-order valence-corrected chi connectivity index (χ4v) is 4.78. The van der Waals surface area contributed by atoms with E-state index in [0.717, 1.165) is 12.1 Å². The lowest BCUT2D eigenvalue weighted by atomic mass is 10.2. The second-order valence-electron chi connectivity index (χ2n) is 6.99. The summed E-state index contributed by atoms with van der Waals surface area (Å²) in [6.07, 6.45) is 1.36. The summed E-state index contributed by atoms with van der Waals surface area (Å²) in [5, 5.41) is 2.80. The van der Waals surface area contributed by atoms with Crippen LogP contribution in [0.15, 0.2) is 57.8 Å². The van der Waals surface area contributed by atoms with Crippen LogP contribution in [0.5, 0.6) is 0 Å². The summed E-state index contributed by atoms with van der Waals surface area (Å²) < 4.78 is 28.2. The molecule has 4 rings (SSSR count). The van der Waals surface area contributed by atoms with E-state index >= 15 is 0 Å². The molecule has 2 heterocycles. The quantitative estimate of drug-likeness (QED) is 0.826. The second-order valence-corrected chi connectivity index (χ2v) is 8.56. The minimum Gasteiger partial charge on any atom is -0.349 e. The Kier molecular flexibility index (Phi) is 4.83. The Balaban J connectivity index is 1.46. The first-order valence-corrected chi connectivity index (χ1v) is 10.6. The Labute approximate surface area is 168 Å². The summed E-state index contributed by atoms with van der Waals surface area (Å²) in [6.45, 7) is 0.599. The van der Waals surface area contributed by atoms with Crippen molar-refractivity contribution in [1.29, 1.82) is 0 Å². The number of likely N-dealkylation sites (N-methyl/N-ethyl adjacent to an activating group) is 1. The molecule has 1 fully saturated rings. The van der Waals surface area contributed by atoms with Crippen molar-refractivity contribution < 1.29 is 18.0 Å². The van der Waals surface area contributed by atoms with Gasteiger partial charge in [-0.1, -0.05) is 18.2 Å². The SMILES string of the molecule is CN(CC(=O)Nc1cccc(N2CCCC2=O)c1)C1=NS(=O)(=O)c2ccccc21. The molecule has 8 nitrogen and oxygen atoms in total. The highest BCUT2D eigenvalue weighted by Crippen LogP contribution is 2.27. The van der Waals surface area contributed by atoms with Gasteiger partial charge < -0.3 is 15.1 Å². The largest absolute Gasteiger partial charge is 0.349 e. The van der Waals surface area contributed by atoms with Crippen molar-refractivity contribution in [2.45, 2.75) is 17.7 Å². The maximum Gasteiger partial charge on any atom is 0.285 e. The molecule has 0 spiro atoms. The number of anilines is 2. The molecule has 2 amide bonds. The average molecular weight is 412 g/mol. The van der Waals surface area contributed by atoms with Gasteiger partial charge in [0.05, 0.1) is 6.54 Å². The summed E-state index contributed by atoms with van der Waals surface area (Å²) >= 11 is 0. The first-order valence-electron chi connectivity index (χ1n) is 9.21. The van der Waals surface area contributed by atoms with Crippen LogP contribution in [0.25, 0.3) is 0 Å². The van der Waals surface area contributed by atoms with Crippen molar-refractivity contribution >= 4 is 39.0 Å². The Hall–Kier alpha value is -3.20. The monoisotopic (exact) mass is 412 g/mol. The molecule has 2 aliphatic rings.